The number of sulfone groups is 1. The molecule has 1 amide bonds. The van der Waals surface area contributed by atoms with E-state index in [2.05, 4.69) is 0 Å². The second kappa shape index (κ2) is 5.83. The van der Waals surface area contributed by atoms with Gasteiger partial charge in [-0.05, 0) is 38.0 Å². The van der Waals surface area contributed by atoms with Gasteiger partial charge in [-0.2, -0.15) is 0 Å². The molecule has 3 rings (SSSR count). The van der Waals surface area contributed by atoms with Crippen molar-refractivity contribution in [3.8, 4) is 0 Å². The number of nitrogens with zero attached hydrogens (tertiary/aromatic N) is 1. The van der Waals surface area contributed by atoms with E-state index in [1.54, 1.807) is 0 Å². The smallest absolute Gasteiger partial charge is 0.326 e. The van der Waals surface area contributed by atoms with Crippen LogP contribution in [0.3, 0.4) is 0 Å². The van der Waals surface area contributed by atoms with Crippen molar-refractivity contribution in [2.45, 2.75) is 68.7 Å². The maximum absolute atomic E-state index is 12.9. The van der Waals surface area contributed by atoms with Crippen LogP contribution >= 0.6 is 0 Å². The number of rotatable bonds is 2. The Morgan fingerprint density at radius 3 is 2.36 bits per heavy atom. The van der Waals surface area contributed by atoms with Gasteiger partial charge in [0.2, 0.25) is 5.91 Å². The van der Waals surface area contributed by atoms with E-state index in [9.17, 15) is 23.1 Å². The quantitative estimate of drug-likeness (QED) is 0.822. The summed E-state index contributed by atoms with van der Waals surface area (Å²) in [5.41, 5.74) is 0. The maximum atomic E-state index is 12.9. The molecule has 1 N–H and O–H groups in total. The van der Waals surface area contributed by atoms with Gasteiger partial charge in [0, 0.05) is 6.04 Å². The van der Waals surface area contributed by atoms with Gasteiger partial charge in [-0.15, -0.1) is 0 Å². The number of carbonyl (C=O) groups is 2. The molecule has 124 valence electrons. The van der Waals surface area contributed by atoms with Crippen molar-refractivity contribution >= 4 is 21.7 Å². The van der Waals surface area contributed by atoms with Crippen LogP contribution in [0, 0.1) is 5.92 Å². The van der Waals surface area contributed by atoms with Gasteiger partial charge in [0.25, 0.3) is 0 Å². The topological polar surface area (TPSA) is 91.8 Å². The number of carbonyl (C=O) groups excluding carboxylic acids is 1. The Balaban J connectivity index is 1.89. The van der Waals surface area contributed by atoms with E-state index in [0.717, 1.165) is 32.1 Å². The standard InChI is InChI=1S/C15H23NO5S/c17-14(13-7-3-4-8-22(13,20)21)16-11-6-2-1-5-10(11)9-12(16)15(18)19/h10-13H,1-9H2,(H,18,19). The summed E-state index contributed by atoms with van der Waals surface area (Å²) in [5, 5.41) is 8.44. The number of fused-ring (bicyclic) bond motifs is 1. The first-order chi connectivity index (χ1) is 10.4. The van der Waals surface area contributed by atoms with Gasteiger partial charge >= 0.3 is 5.97 Å². The predicted molar refractivity (Wildman–Crippen MR) is 80.1 cm³/mol. The van der Waals surface area contributed by atoms with Crippen molar-refractivity contribution in [3.63, 3.8) is 0 Å². The second-order valence-electron chi connectivity index (χ2n) is 6.80. The highest BCUT2D eigenvalue weighted by atomic mass is 32.2. The van der Waals surface area contributed by atoms with E-state index >= 15 is 0 Å². The molecule has 2 heterocycles. The van der Waals surface area contributed by atoms with Gasteiger partial charge < -0.3 is 10.0 Å². The van der Waals surface area contributed by atoms with E-state index in [4.69, 9.17) is 0 Å². The van der Waals surface area contributed by atoms with Crippen molar-refractivity contribution in [1.29, 1.82) is 0 Å². The third kappa shape index (κ3) is 2.64. The zero-order valence-corrected chi connectivity index (χ0v) is 13.4. The second-order valence-corrected chi connectivity index (χ2v) is 9.10. The first-order valence-corrected chi connectivity index (χ1v) is 9.90. The summed E-state index contributed by atoms with van der Waals surface area (Å²) < 4.78 is 24.4. The van der Waals surface area contributed by atoms with Crippen LogP contribution in [-0.2, 0) is 19.4 Å². The van der Waals surface area contributed by atoms with Crippen LogP contribution in [0.4, 0.5) is 0 Å². The van der Waals surface area contributed by atoms with Gasteiger partial charge in [0.05, 0.1) is 5.75 Å². The Kier molecular flexibility index (Phi) is 4.18. The van der Waals surface area contributed by atoms with Gasteiger partial charge in [-0.25, -0.2) is 13.2 Å². The lowest BCUT2D eigenvalue weighted by atomic mass is 9.84. The molecule has 1 saturated carbocycles. The Labute approximate surface area is 130 Å². The third-order valence-electron chi connectivity index (χ3n) is 5.48. The molecule has 6 nitrogen and oxygen atoms in total. The monoisotopic (exact) mass is 329 g/mol. The summed E-state index contributed by atoms with van der Waals surface area (Å²) in [4.78, 5) is 25.9. The molecule has 4 unspecified atom stereocenters. The lowest BCUT2D eigenvalue weighted by Gasteiger charge is -2.35. The van der Waals surface area contributed by atoms with Crippen LogP contribution in [0.1, 0.15) is 51.4 Å². The average molecular weight is 329 g/mol. The molecular weight excluding hydrogens is 306 g/mol. The molecule has 0 spiro atoms. The Bertz CT molecular complexity index is 572. The summed E-state index contributed by atoms with van der Waals surface area (Å²) >= 11 is 0. The van der Waals surface area contributed by atoms with E-state index in [0.29, 0.717) is 19.3 Å². The van der Waals surface area contributed by atoms with Crippen LogP contribution in [0.5, 0.6) is 0 Å². The molecule has 3 fully saturated rings. The zero-order chi connectivity index (χ0) is 15.9. The Morgan fingerprint density at radius 1 is 1.00 bits per heavy atom. The molecule has 2 aliphatic heterocycles. The van der Waals surface area contributed by atoms with Gasteiger partial charge in [0.1, 0.15) is 11.3 Å². The Hall–Kier alpha value is -1.11. The molecule has 3 aliphatic rings. The first-order valence-electron chi connectivity index (χ1n) is 8.18. The molecule has 0 bridgehead atoms. The van der Waals surface area contributed by atoms with Crippen LogP contribution in [0.25, 0.3) is 0 Å². The minimum absolute atomic E-state index is 0.0447. The van der Waals surface area contributed by atoms with Crippen LogP contribution < -0.4 is 0 Å². The van der Waals surface area contributed by atoms with E-state index in [1.165, 1.54) is 4.90 Å². The molecule has 0 radical (unpaired) electrons. The van der Waals surface area contributed by atoms with Gasteiger partial charge in [0.15, 0.2) is 9.84 Å². The molecule has 7 heteroatoms. The van der Waals surface area contributed by atoms with Crippen molar-refractivity contribution < 1.29 is 23.1 Å². The fraction of sp³-hybridized carbons (Fsp3) is 0.867. The van der Waals surface area contributed by atoms with E-state index in [1.807, 2.05) is 0 Å². The molecule has 0 aromatic heterocycles. The molecule has 0 aromatic rings. The summed E-state index contributed by atoms with van der Waals surface area (Å²) in [5.74, 6) is -1.20. The lowest BCUT2D eigenvalue weighted by molar-refractivity contribution is -0.149. The fourth-order valence-corrected chi connectivity index (χ4v) is 6.24. The molecule has 1 aliphatic carbocycles. The Morgan fingerprint density at radius 2 is 1.68 bits per heavy atom. The number of carboxylic acids is 1. The number of amides is 1. The summed E-state index contributed by atoms with van der Waals surface area (Å²) in [6.07, 6.45) is 5.91. The normalized spacial score (nSPS) is 37.5. The SMILES string of the molecule is O=C(O)C1CC2CCCCC2N1C(=O)C1CCCCS1(=O)=O. The molecule has 4 atom stereocenters. The summed E-state index contributed by atoms with van der Waals surface area (Å²) in [6.45, 7) is 0. The first kappa shape index (κ1) is 15.8. The van der Waals surface area contributed by atoms with Crippen LogP contribution in [-0.4, -0.2) is 53.4 Å². The molecule has 22 heavy (non-hydrogen) atoms. The highest BCUT2D eigenvalue weighted by Gasteiger charge is 2.50. The number of likely N-dealkylation sites (tertiary alicyclic amines) is 1. The average Bonchev–Trinajstić information content (AvgIpc) is 2.85. The van der Waals surface area contributed by atoms with Crippen molar-refractivity contribution in [2.75, 3.05) is 5.75 Å². The number of hydrogen-bond acceptors (Lipinski definition) is 4. The van der Waals surface area contributed by atoms with Crippen molar-refractivity contribution in [1.82, 2.24) is 4.90 Å². The third-order valence-corrected chi connectivity index (χ3v) is 7.64. The molecule has 2 saturated heterocycles. The highest BCUT2D eigenvalue weighted by Crippen LogP contribution is 2.41. The minimum Gasteiger partial charge on any atom is -0.480 e. The number of hydrogen-bond donors (Lipinski definition) is 1. The fourth-order valence-electron chi connectivity index (χ4n) is 4.40. The minimum atomic E-state index is -3.43. The predicted octanol–water partition coefficient (Wildman–Crippen LogP) is 1.20. The van der Waals surface area contributed by atoms with Gasteiger partial charge in [-0.1, -0.05) is 19.3 Å². The van der Waals surface area contributed by atoms with Crippen LogP contribution in [0.2, 0.25) is 0 Å². The zero-order valence-electron chi connectivity index (χ0n) is 12.6. The molecule has 0 aromatic carbocycles. The van der Waals surface area contributed by atoms with Crippen LogP contribution in [0.15, 0.2) is 0 Å². The summed E-state index contributed by atoms with van der Waals surface area (Å²) in [6, 6.07) is -0.933. The number of aliphatic carboxylic acids is 1. The molecular formula is C15H23NO5S. The van der Waals surface area contributed by atoms with E-state index in [-0.39, 0.29) is 17.7 Å². The van der Waals surface area contributed by atoms with Gasteiger partial charge in [-0.3, -0.25) is 4.79 Å². The lowest BCUT2D eigenvalue weighted by Crippen LogP contribution is -2.53. The highest BCUT2D eigenvalue weighted by molar-refractivity contribution is 7.92. The van der Waals surface area contributed by atoms with Crippen molar-refractivity contribution in [2.24, 2.45) is 5.92 Å². The summed E-state index contributed by atoms with van der Waals surface area (Å²) in [7, 11) is -3.43. The van der Waals surface area contributed by atoms with E-state index < -0.39 is 33.0 Å². The largest absolute Gasteiger partial charge is 0.480 e. The number of carboxylic acid groups (broad SMARTS) is 1. The van der Waals surface area contributed by atoms with Crippen molar-refractivity contribution in [3.05, 3.63) is 0 Å². The maximum Gasteiger partial charge on any atom is 0.326 e.